The highest BCUT2D eigenvalue weighted by molar-refractivity contribution is 6.03. The summed E-state index contributed by atoms with van der Waals surface area (Å²) in [6.07, 6.45) is 2.60. The van der Waals surface area contributed by atoms with Crippen molar-refractivity contribution in [2.75, 3.05) is 29.9 Å². The van der Waals surface area contributed by atoms with Crippen molar-refractivity contribution < 1.29 is 9.53 Å². The molecule has 7 heteroatoms. The van der Waals surface area contributed by atoms with Gasteiger partial charge in [-0.25, -0.2) is 4.79 Å². The van der Waals surface area contributed by atoms with Gasteiger partial charge in [-0.3, -0.25) is 9.58 Å². The molecule has 7 nitrogen and oxygen atoms in total. The maximum Gasteiger partial charge on any atom is 0.326 e. The minimum atomic E-state index is -0.142. The lowest BCUT2D eigenvalue weighted by molar-refractivity contribution is 0.257. The van der Waals surface area contributed by atoms with Crippen LogP contribution in [-0.4, -0.2) is 35.5 Å². The monoisotopic (exact) mass is 377 g/mol. The van der Waals surface area contributed by atoms with E-state index in [4.69, 9.17) is 10.5 Å². The summed E-state index contributed by atoms with van der Waals surface area (Å²) in [4.78, 5) is 14.6. The number of hydrogen-bond donors (Lipinski definition) is 2. The zero-order valence-electron chi connectivity index (χ0n) is 15.8. The van der Waals surface area contributed by atoms with E-state index in [0.29, 0.717) is 31.1 Å². The van der Waals surface area contributed by atoms with Gasteiger partial charge in [0.25, 0.3) is 0 Å². The van der Waals surface area contributed by atoms with Crippen LogP contribution >= 0.6 is 0 Å². The molecule has 28 heavy (non-hydrogen) atoms. The van der Waals surface area contributed by atoms with E-state index in [-0.39, 0.29) is 6.03 Å². The number of carbonyl (C=O) groups excluding carboxylic acids is 1. The van der Waals surface area contributed by atoms with E-state index in [9.17, 15) is 4.79 Å². The molecule has 2 aromatic carbocycles. The van der Waals surface area contributed by atoms with Crippen molar-refractivity contribution in [1.82, 2.24) is 9.78 Å². The first kappa shape index (κ1) is 18.1. The third-order valence-electron chi connectivity index (χ3n) is 4.84. The standard InChI is InChI=1S/C21H23N5O2/c1-25-19(8-11-23-25)17-14-16(6-7-20(17)28-13-10-22)24-21(27)26-12-9-15-4-2-3-5-18(15)26/h2-8,11,14H,9-10,12-13,22H2,1H3,(H,24,27). The molecule has 2 amide bonds. The predicted octanol–water partition coefficient (Wildman–Crippen LogP) is 3.02. The van der Waals surface area contributed by atoms with Gasteiger partial charge in [0.05, 0.1) is 5.69 Å². The fourth-order valence-corrected chi connectivity index (χ4v) is 3.48. The van der Waals surface area contributed by atoms with Crippen molar-refractivity contribution in [2.24, 2.45) is 12.8 Å². The normalized spacial score (nSPS) is 12.7. The molecule has 4 rings (SSSR count). The van der Waals surface area contributed by atoms with Crippen molar-refractivity contribution in [2.45, 2.75) is 6.42 Å². The van der Waals surface area contributed by atoms with Crippen LogP contribution in [0.5, 0.6) is 5.75 Å². The first-order valence-corrected chi connectivity index (χ1v) is 9.29. The number of nitrogens with zero attached hydrogens (tertiary/aromatic N) is 3. The minimum absolute atomic E-state index is 0.142. The summed E-state index contributed by atoms with van der Waals surface area (Å²) in [5.41, 5.74) is 10.2. The van der Waals surface area contributed by atoms with Crippen LogP contribution in [0.25, 0.3) is 11.3 Å². The fourth-order valence-electron chi connectivity index (χ4n) is 3.48. The van der Waals surface area contributed by atoms with Crippen LogP contribution in [0.3, 0.4) is 0 Å². The Kier molecular flexibility index (Phi) is 4.99. The Morgan fingerprint density at radius 1 is 1.25 bits per heavy atom. The maximum absolute atomic E-state index is 12.8. The molecule has 0 bridgehead atoms. The van der Waals surface area contributed by atoms with Crippen LogP contribution in [0.15, 0.2) is 54.7 Å². The summed E-state index contributed by atoms with van der Waals surface area (Å²) in [6, 6.07) is 15.4. The molecule has 0 saturated carbocycles. The molecule has 144 valence electrons. The van der Waals surface area contributed by atoms with Crippen molar-refractivity contribution >= 4 is 17.4 Å². The molecule has 0 spiro atoms. The van der Waals surface area contributed by atoms with E-state index in [1.807, 2.05) is 49.5 Å². The van der Waals surface area contributed by atoms with Crippen molar-refractivity contribution in [3.05, 3.63) is 60.3 Å². The molecule has 0 saturated heterocycles. The first-order valence-electron chi connectivity index (χ1n) is 9.29. The molecule has 0 radical (unpaired) electrons. The van der Waals surface area contributed by atoms with Crippen molar-refractivity contribution in [1.29, 1.82) is 0 Å². The molecule has 1 aliphatic heterocycles. The number of amides is 2. The van der Waals surface area contributed by atoms with Crippen LogP contribution < -0.4 is 20.7 Å². The van der Waals surface area contributed by atoms with Gasteiger partial charge in [-0.15, -0.1) is 0 Å². The summed E-state index contributed by atoms with van der Waals surface area (Å²) in [6.45, 7) is 1.52. The second kappa shape index (κ2) is 7.74. The van der Waals surface area contributed by atoms with Crippen LogP contribution in [0.1, 0.15) is 5.56 Å². The van der Waals surface area contributed by atoms with Crippen LogP contribution in [0.2, 0.25) is 0 Å². The van der Waals surface area contributed by atoms with Crippen molar-refractivity contribution in [3.63, 3.8) is 0 Å². The molecule has 2 heterocycles. The number of urea groups is 1. The third-order valence-corrected chi connectivity index (χ3v) is 4.84. The van der Waals surface area contributed by atoms with Gasteiger partial charge in [0.1, 0.15) is 12.4 Å². The molecule has 0 atom stereocenters. The van der Waals surface area contributed by atoms with E-state index >= 15 is 0 Å². The molecular formula is C21H23N5O2. The van der Waals surface area contributed by atoms with Gasteiger partial charge in [-0.1, -0.05) is 18.2 Å². The van der Waals surface area contributed by atoms with Crippen LogP contribution in [-0.2, 0) is 13.5 Å². The SMILES string of the molecule is Cn1nccc1-c1cc(NC(=O)N2CCc3ccccc32)ccc1OCCN. The van der Waals surface area contributed by atoms with Crippen molar-refractivity contribution in [3.8, 4) is 17.0 Å². The predicted molar refractivity (Wildman–Crippen MR) is 110 cm³/mol. The Labute approximate surface area is 163 Å². The van der Waals surface area contributed by atoms with E-state index in [0.717, 1.165) is 23.4 Å². The Morgan fingerprint density at radius 3 is 2.89 bits per heavy atom. The number of aryl methyl sites for hydroxylation is 1. The minimum Gasteiger partial charge on any atom is -0.492 e. The average Bonchev–Trinajstić information content (AvgIpc) is 3.33. The number of nitrogens with one attached hydrogen (secondary N) is 1. The second-order valence-electron chi connectivity index (χ2n) is 6.65. The van der Waals surface area contributed by atoms with Gasteiger partial charge in [-0.2, -0.15) is 5.10 Å². The number of anilines is 2. The number of nitrogens with two attached hydrogens (primary N) is 1. The van der Waals surface area contributed by atoms with E-state index < -0.39 is 0 Å². The Hall–Kier alpha value is -3.32. The zero-order chi connectivity index (χ0) is 19.5. The largest absolute Gasteiger partial charge is 0.492 e. The number of para-hydroxylation sites is 1. The Balaban J connectivity index is 1.60. The first-order chi connectivity index (χ1) is 13.7. The summed E-state index contributed by atoms with van der Waals surface area (Å²) in [7, 11) is 1.87. The van der Waals surface area contributed by atoms with Gasteiger partial charge in [0.15, 0.2) is 0 Å². The number of carbonyl (C=O) groups is 1. The second-order valence-corrected chi connectivity index (χ2v) is 6.65. The molecular weight excluding hydrogens is 354 g/mol. The highest BCUT2D eigenvalue weighted by Gasteiger charge is 2.24. The molecule has 0 fully saturated rings. The van der Waals surface area contributed by atoms with Gasteiger partial charge in [-0.05, 0) is 42.3 Å². The average molecular weight is 377 g/mol. The third kappa shape index (κ3) is 3.44. The number of aromatic nitrogens is 2. The molecule has 3 aromatic rings. The zero-order valence-corrected chi connectivity index (χ0v) is 15.8. The summed E-state index contributed by atoms with van der Waals surface area (Å²) in [5.74, 6) is 0.707. The van der Waals surface area contributed by atoms with Gasteiger partial charge in [0, 0.05) is 43.3 Å². The lowest BCUT2D eigenvalue weighted by Gasteiger charge is -2.19. The topological polar surface area (TPSA) is 85.4 Å². The maximum atomic E-state index is 12.8. The quantitative estimate of drug-likeness (QED) is 0.716. The number of fused-ring (bicyclic) bond motifs is 1. The fraction of sp³-hybridized carbons (Fsp3) is 0.238. The highest BCUT2D eigenvalue weighted by atomic mass is 16.5. The van der Waals surface area contributed by atoms with Gasteiger partial charge in [0.2, 0.25) is 0 Å². The number of ether oxygens (including phenoxy) is 1. The van der Waals surface area contributed by atoms with Crippen LogP contribution in [0, 0.1) is 0 Å². The number of rotatable bonds is 5. The smallest absolute Gasteiger partial charge is 0.326 e. The van der Waals surface area contributed by atoms with Crippen LogP contribution in [0.4, 0.5) is 16.2 Å². The van der Waals surface area contributed by atoms with E-state index in [1.165, 1.54) is 5.56 Å². The molecule has 1 aromatic heterocycles. The van der Waals surface area contributed by atoms with E-state index in [1.54, 1.807) is 15.8 Å². The molecule has 0 aliphatic carbocycles. The lowest BCUT2D eigenvalue weighted by atomic mass is 10.1. The Bertz CT molecular complexity index is 998. The number of hydrogen-bond acceptors (Lipinski definition) is 4. The summed E-state index contributed by atoms with van der Waals surface area (Å²) in [5, 5.41) is 7.24. The summed E-state index contributed by atoms with van der Waals surface area (Å²) >= 11 is 0. The van der Waals surface area contributed by atoms with E-state index in [2.05, 4.69) is 16.5 Å². The summed E-state index contributed by atoms with van der Waals surface area (Å²) < 4.78 is 7.55. The molecule has 0 unspecified atom stereocenters. The highest BCUT2D eigenvalue weighted by Crippen LogP contribution is 2.33. The van der Waals surface area contributed by atoms with Gasteiger partial charge < -0.3 is 15.8 Å². The number of benzene rings is 2. The molecule has 3 N–H and O–H groups in total. The Morgan fingerprint density at radius 2 is 2.11 bits per heavy atom. The lowest BCUT2D eigenvalue weighted by Crippen LogP contribution is -2.33. The van der Waals surface area contributed by atoms with Gasteiger partial charge >= 0.3 is 6.03 Å². The molecule has 1 aliphatic rings.